The number of aryl methyl sites for hydroxylation is 2. The Kier molecular flexibility index (Phi) is 16.6. The first-order valence-electron chi connectivity index (χ1n) is 22.8. The standard InChI is InChI=1S/C54H58F4N4/c55-49(56)25-13-9-5-1-3-7-11-19-39-27-31-41(32-28-39)53-59-37-35-47(61-53)51-43-21-15-17-23-45(43)52(46-24-18-16-22-44(46)51)48-36-38-60-54(62-48)42-33-29-40(30-34-42)20-12-8-4-2-6-10-14-26-50(57)58/h15-18,21-24,27-38,49-50H,1-14,19-20,25-26H2. The largest absolute Gasteiger partial charge is 0.238 e. The van der Waals surface area contributed by atoms with Crippen LogP contribution in [0.2, 0.25) is 0 Å². The van der Waals surface area contributed by atoms with Gasteiger partial charge in [0.05, 0.1) is 11.4 Å². The third-order valence-corrected chi connectivity index (χ3v) is 12.0. The second-order valence-electron chi connectivity index (χ2n) is 16.6. The van der Waals surface area contributed by atoms with Crippen LogP contribution < -0.4 is 0 Å². The van der Waals surface area contributed by atoms with E-state index in [0.29, 0.717) is 24.5 Å². The third-order valence-electron chi connectivity index (χ3n) is 12.0. The Morgan fingerprint density at radius 3 is 1.02 bits per heavy atom. The van der Waals surface area contributed by atoms with Crippen molar-refractivity contribution in [2.45, 2.75) is 128 Å². The molecule has 0 unspecified atom stereocenters. The van der Waals surface area contributed by atoms with Crippen LogP contribution in [0.15, 0.2) is 122 Å². The zero-order chi connectivity index (χ0) is 42.9. The summed E-state index contributed by atoms with van der Waals surface area (Å²) in [4.78, 5) is 19.8. The van der Waals surface area contributed by atoms with Gasteiger partial charge in [-0.1, -0.05) is 161 Å². The molecule has 0 radical (unpaired) electrons. The average Bonchev–Trinajstić information content (AvgIpc) is 3.30. The molecule has 62 heavy (non-hydrogen) atoms. The molecule has 8 heteroatoms. The molecule has 0 spiro atoms. The van der Waals surface area contributed by atoms with Crippen molar-refractivity contribution in [1.82, 2.24) is 19.9 Å². The number of rotatable bonds is 24. The summed E-state index contributed by atoms with van der Waals surface area (Å²) in [5, 5.41) is 4.35. The highest BCUT2D eigenvalue weighted by Crippen LogP contribution is 2.43. The molecule has 5 aromatic carbocycles. The van der Waals surface area contributed by atoms with Crippen LogP contribution >= 0.6 is 0 Å². The number of benzene rings is 5. The maximum atomic E-state index is 12.3. The topological polar surface area (TPSA) is 51.6 Å². The van der Waals surface area contributed by atoms with Crippen LogP contribution in [0.4, 0.5) is 17.6 Å². The van der Waals surface area contributed by atoms with Crippen LogP contribution in [0.1, 0.15) is 114 Å². The molecular formula is C54H58F4N4. The minimum absolute atomic E-state index is 0.0270. The van der Waals surface area contributed by atoms with Crippen LogP contribution in [-0.4, -0.2) is 32.8 Å². The summed E-state index contributed by atoms with van der Waals surface area (Å²) >= 11 is 0. The van der Waals surface area contributed by atoms with Gasteiger partial charge in [0.2, 0.25) is 12.9 Å². The molecule has 7 aromatic rings. The van der Waals surface area contributed by atoms with E-state index in [2.05, 4.69) is 97.1 Å². The molecule has 7 rings (SSSR count). The van der Waals surface area contributed by atoms with Gasteiger partial charge in [0.1, 0.15) is 0 Å². The summed E-state index contributed by atoms with van der Waals surface area (Å²) in [5.41, 5.74) is 8.36. The highest BCUT2D eigenvalue weighted by molar-refractivity contribution is 6.20. The van der Waals surface area contributed by atoms with E-state index in [1.54, 1.807) is 0 Å². The molecule has 0 bridgehead atoms. The Morgan fingerprint density at radius 2 is 0.677 bits per heavy atom. The van der Waals surface area contributed by atoms with Gasteiger partial charge < -0.3 is 0 Å². The number of unbranched alkanes of at least 4 members (excludes halogenated alkanes) is 12. The van der Waals surface area contributed by atoms with Gasteiger partial charge in [-0.3, -0.25) is 0 Å². The number of aromatic nitrogens is 4. The second-order valence-corrected chi connectivity index (χ2v) is 16.6. The molecular weight excluding hydrogens is 781 g/mol. The molecule has 0 aliphatic rings. The summed E-state index contributed by atoms with van der Waals surface area (Å²) in [7, 11) is 0. The fraction of sp³-hybridized carbons (Fsp3) is 0.370. The first kappa shape index (κ1) is 44.6. The van der Waals surface area contributed by atoms with Crippen LogP contribution in [0.3, 0.4) is 0 Å². The van der Waals surface area contributed by atoms with Gasteiger partial charge in [0.25, 0.3) is 0 Å². The summed E-state index contributed by atoms with van der Waals surface area (Å²) < 4.78 is 49.4. The van der Waals surface area contributed by atoms with Crippen LogP contribution in [-0.2, 0) is 12.8 Å². The van der Waals surface area contributed by atoms with E-state index in [1.165, 1.54) is 11.1 Å². The van der Waals surface area contributed by atoms with Gasteiger partial charge >= 0.3 is 0 Å². The normalized spacial score (nSPS) is 11.7. The number of hydrogen-bond acceptors (Lipinski definition) is 4. The fourth-order valence-corrected chi connectivity index (χ4v) is 8.62. The van der Waals surface area contributed by atoms with E-state index in [-0.39, 0.29) is 12.8 Å². The minimum Gasteiger partial charge on any atom is -0.237 e. The Morgan fingerprint density at radius 1 is 0.355 bits per heavy atom. The fourth-order valence-electron chi connectivity index (χ4n) is 8.62. The molecule has 322 valence electrons. The van der Waals surface area contributed by atoms with E-state index in [4.69, 9.17) is 19.9 Å². The average molecular weight is 839 g/mol. The van der Waals surface area contributed by atoms with E-state index >= 15 is 0 Å². The van der Waals surface area contributed by atoms with E-state index < -0.39 is 12.9 Å². The maximum absolute atomic E-state index is 12.3. The minimum atomic E-state index is -2.18. The Labute approximate surface area is 364 Å². The van der Waals surface area contributed by atoms with E-state index in [9.17, 15) is 17.6 Å². The van der Waals surface area contributed by atoms with Crippen molar-refractivity contribution in [2.75, 3.05) is 0 Å². The Balaban J connectivity index is 1.04. The molecule has 0 aliphatic carbocycles. The van der Waals surface area contributed by atoms with Gasteiger partial charge in [0, 0.05) is 47.5 Å². The van der Waals surface area contributed by atoms with Crippen LogP contribution in [0.25, 0.3) is 66.8 Å². The first-order chi connectivity index (χ1) is 30.4. The molecule has 0 saturated carbocycles. The molecule has 0 saturated heterocycles. The second kappa shape index (κ2) is 23.1. The number of nitrogens with zero attached hydrogens (tertiary/aromatic N) is 4. The van der Waals surface area contributed by atoms with Crippen molar-refractivity contribution < 1.29 is 17.6 Å². The summed E-state index contributed by atoms with van der Waals surface area (Å²) in [6, 6.07) is 38.2. The Bertz CT molecular complexity index is 2220. The summed E-state index contributed by atoms with van der Waals surface area (Å²) in [5.74, 6) is 1.36. The lowest BCUT2D eigenvalue weighted by Crippen LogP contribution is -1.97. The Hall–Kier alpha value is -5.50. The number of hydrogen-bond donors (Lipinski definition) is 0. The highest BCUT2D eigenvalue weighted by atomic mass is 19.3. The highest BCUT2D eigenvalue weighted by Gasteiger charge is 2.19. The van der Waals surface area contributed by atoms with Gasteiger partial charge in [0.15, 0.2) is 11.6 Å². The smallest absolute Gasteiger partial charge is 0.237 e. The monoisotopic (exact) mass is 838 g/mol. The molecule has 0 amide bonds. The lowest BCUT2D eigenvalue weighted by molar-refractivity contribution is 0.133. The van der Waals surface area contributed by atoms with Gasteiger partial charge in [-0.05, 0) is 83.3 Å². The van der Waals surface area contributed by atoms with E-state index in [1.807, 2.05) is 24.5 Å². The lowest BCUT2D eigenvalue weighted by Gasteiger charge is -2.17. The molecule has 0 aliphatic heterocycles. The first-order valence-corrected chi connectivity index (χ1v) is 22.8. The zero-order valence-electron chi connectivity index (χ0n) is 35.7. The van der Waals surface area contributed by atoms with Gasteiger partial charge in [-0.25, -0.2) is 37.5 Å². The SMILES string of the molecule is FC(F)CCCCCCCCCc1ccc(-c2nccc(-c3c4ccccc4c(-c4ccnc(-c5ccc(CCCCCCCCCC(F)F)cc5)n4)c4ccccc34)n2)cc1. The molecule has 0 N–H and O–H groups in total. The number of alkyl halides is 4. The van der Waals surface area contributed by atoms with Crippen molar-refractivity contribution in [3.63, 3.8) is 0 Å². The van der Waals surface area contributed by atoms with Gasteiger partial charge in [-0.15, -0.1) is 0 Å². The zero-order valence-corrected chi connectivity index (χ0v) is 35.7. The van der Waals surface area contributed by atoms with Crippen molar-refractivity contribution in [2.24, 2.45) is 0 Å². The third kappa shape index (κ3) is 12.3. The van der Waals surface area contributed by atoms with Crippen molar-refractivity contribution >= 4 is 21.5 Å². The molecule has 0 fully saturated rings. The van der Waals surface area contributed by atoms with Crippen molar-refractivity contribution in [1.29, 1.82) is 0 Å². The molecule has 2 heterocycles. The summed E-state index contributed by atoms with van der Waals surface area (Å²) in [6.45, 7) is 0. The van der Waals surface area contributed by atoms with Crippen molar-refractivity contribution in [3.05, 3.63) is 133 Å². The number of halogens is 4. The predicted molar refractivity (Wildman–Crippen MR) is 248 cm³/mol. The predicted octanol–water partition coefficient (Wildman–Crippen LogP) is 16.1. The lowest BCUT2D eigenvalue weighted by atomic mass is 9.89. The summed E-state index contributed by atoms with van der Waals surface area (Å²) in [6.07, 6.45) is 15.6. The van der Waals surface area contributed by atoms with Crippen LogP contribution in [0.5, 0.6) is 0 Å². The quantitative estimate of drug-likeness (QED) is 0.0346. The number of fused-ring (bicyclic) bond motifs is 2. The van der Waals surface area contributed by atoms with E-state index in [0.717, 1.165) is 145 Å². The molecule has 2 aromatic heterocycles. The molecule has 0 atom stereocenters. The van der Waals surface area contributed by atoms with Crippen LogP contribution in [0, 0.1) is 0 Å². The van der Waals surface area contributed by atoms with Gasteiger partial charge in [-0.2, -0.15) is 0 Å². The molecule has 4 nitrogen and oxygen atoms in total. The van der Waals surface area contributed by atoms with Crippen molar-refractivity contribution in [3.8, 4) is 45.3 Å². The maximum Gasteiger partial charge on any atom is 0.238 e.